The molecule has 3 atom stereocenters. The van der Waals surface area contributed by atoms with Crippen molar-refractivity contribution in [3.8, 4) is 0 Å². The van der Waals surface area contributed by atoms with Gasteiger partial charge in [0.25, 0.3) is 0 Å². The van der Waals surface area contributed by atoms with Gasteiger partial charge in [0.15, 0.2) is 0 Å². The van der Waals surface area contributed by atoms with Crippen LogP contribution in [0.25, 0.3) is 0 Å². The molecule has 2 heterocycles. The zero-order chi connectivity index (χ0) is 27.4. The molecule has 2 aromatic carbocycles. The largest absolute Gasteiger partial charge is 0.343 e. The van der Waals surface area contributed by atoms with Crippen LogP contribution in [0, 0.1) is 0 Å². The molecule has 2 aliphatic heterocycles. The Balaban J connectivity index is 1.52. The molecule has 0 aromatic heterocycles. The van der Waals surface area contributed by atoms with Crippen molar-refractivity contribution in [1.29, 1.82) is 0 Å². The Kier molecular flexibility index (Phi) is 7.77. The minimum absolute atomic E-state index is 0.248. The minimum Gasteiger partial charge on any atom is -0.343 e. The number of benzene rings is 2. The summed E-state index contributed by atoms with van der Waals surface area (Å²) in [6, 6.07) is 14.6. The monoisotopic (exact) mass is 530 g/mol. The van der Waals surface area contributed by atoms with E-state index in [2.05, 4.69) is 16.0 Å². The number of carbonyl (C=O) groups excluding carboxylic acids is 5. The summed E-state index contributed by atoms with van der Waals surface area (Å²) >= 11 is 0. The van der Waals surface area contributed by atoms with Crippen LogP contribution in [0.5, 0.6) is 0 Å². The molecule has 3 N–H and O–H groups in total. The van der Waals surface area contributed by atoms with Gasteiger partial charge in [0.05, 0.1) is 0 Å². The summed E-state index contributed by atoms with van der Waals surface area (Å²) in [6.45, 7) is 0.399. The first kappa shape index (κ1) is 26.6. The van der Waals surface area contributed by atoms with E-state index in [4.69, 9.17) is 0 Å². The van der Waals surface area contributed by atoms with Crippen molar-refractivity contribution in [1.82, 2.24) is 20.9 Å². The Labute approximate surface area is 227 Å². The number of carbonyl (C=O) groups is 5. The van der Waals surface area contributed by atoms with Crippen LogP contribution < -0.4 is 16.0 Å². The fourth-order valence-corrected chi connectivity index (χ4v) is 6.04. The van der Waals surface area contributed by atoms with Crippen molar-refractivity contribution in [2.24, 2.45) is 0 Å². The molecule has 1 spiro atoms. The van der Waals surface area contributed by atoms with Crippen molar-refractivity contribution in [2.75, 3.05) is 6.54 Å². The van der Waals surface area contributed by atoms with E-state index in [1.165, 1.54) is 0 Å². The number of amides is 4. The second-order valence-corrected chi connectivity index (χ2v) is 10.8. The van der Waals surface area contributed by atoms with Gasteiger partial charge in [0, 0.05) is 32.2 Å². The Morgan fingerprint density at radius 3 is 2.26 bits per heavy atom. The number of unbranched alkanes of at least 4 members (excludes halogenated alkanes) is 1. The third-order valence-corrected chi connectivity index (χ3v) is 8.07. The van der Waals surface area contributed by atoms with E-state index in [1.807, 2.05) is 54.6 Å². The smallest absolute Gasteiger partial charge is 0.247 e. The topological polar surface area (TPSA) is 125 Å². The zero-order valence-corrected chi connectivity index (χ0v) is 21.9. The number of hydrogen-bond donors (Lipinski definition) is 3. The lowest BCUT2D eigenvalue weighted by atomic mass is 9.91. The first-order valence-electron chi connectivity index (χ1n) is 13.7. The molecule has 0 saturated carbocycles. The summed E-state index contributed by atoms with van der Waals surface area (Å²) in [6.07, 6.45) is 3.63. The van der Waals surface area contributed by atoms with E-state index < -0.39 is 35.5 Å². The normalized spacial score (nSPS) is 24.6. The molecule has 204 valence electrons. The maximum atomic E-state index is 14.1. The van der Waals surface area contributed by atoms with Crippen LogP contribution in [0.1, 0.15) is 48.8 Å². The number of aldehydes is 1. The van der Waals surface area contributed by atoms with Gasteiger partial charge in [-0.15, -0.1) is 0 Å². The van der Waals surface area contributed by atoms with Gasteiger partial charge in [-0.2, -0.15) is 0 Å². The Morgan fingerprint density at radius 1 is 0.872 bits per heavy atom. The van der Waals surface area contributed by atoms with Gasteiger partial charge in [0.2, 0.25) is 23.6 Å². The van der Waals surface area contributed by atoms with E-state index in [9.17, 15) is 24.0 Å². The molecule has 2 aromatic rings. The second kappa shape index (κ2) is 11.4. The molecule has 39 heavy (non-hydrogen) atoms. The molecule has 2 fully saturated rings. The molecular weight excluding hydrogens is 496 g/mol. The summed E-state index contributed by atoms with van der Waals surface area (Å²) in [5, 5.41) is 8.83. The molecule has 3 aliphatic rings. The van der Waals surface area contributed by atoms with E-state index in [1.54, 1.807) is 4.90 Å². The molecule has 5 rings (SSSR count). The molecule has 0 unspecified atom stereocenters. The van der Waals surface area contributed by atoms with Gasteiger partial charge in [-0.3, -0.25) is 19.2 Å². The number of fused-ring (bicyclic) bond motifs is 2. The third-order valence-electron chi connectivity index (χ3n) is 8.07. The summed E-state index contributed by atoms with van der Waals surface area (Å²) in [5.74, 6) is -1.58. The number of nitrogens with zero attached hydrogens (tertiary/aromatic N) is 1. The van der Waals surface area contributed by atoms with Crippen LogP contribution in [-0.4, -0.2) is 65.0 Å². The highest BCUT2D eigenvalue weighted by atomic mass is 16.2. The average molecular weight is 531 g/mol. The zero-order valence-electron chi connectivity index (χ0n) is 21.9. The highest BCUT2D eigenvalue weighted by Gasteiger charge is 2.48. The average Bonchev–Trinajstić information content (AvgIpc) is 3.57. The Bertz CT molecular complexity index is 1240. The van der Waals surface area contributed by atoms with E-state index in [-0.39, 0.29) is 43.9 Å². The predicted octanol–water partition coefficient (Wildman–Crippen LogP) is 1.23. The van der Waals surface area contributed by atoms with Gasteiger partial charge in [-0.05, 0) is 42.4 Å². The van der Waals surface area contributed by atoms with Crippen molar-refractivity contribution in [3.05, 3.63) is 71.3 Å². The SMILES string of the molecule is O=CCCC[C@@H]1NC(=O)[C@H]2CCCN2C(=O)[C@H](Cc2ccccc2)NC(=O)C2(Cc3ccccc3C2)NC1=O. The standard InChI is InChI=1S/C30H34N4O5/c35-16-7-6-13-23-26(36)33-30(18-21-11-4-5-12-22(21)19-30)29(39)32-24(17-20-9-2-1-3-10-20)28(38)34-15-8-14-25(34)27(37)31-23/h1-5,9-12,16,23-25H,6-8,13-15,17-19H2,(H,31,37)(H,32,39)(H,33,36)/t23-,24-,25+/m0/s1. The lowest BCUT2D eigenvalue weighted by molar-refractivity contribution is -0.144. The maximum Gasteiger partial charge on any atom is 0.247 e. The first-order valence-corrected chi connectivity index (χ1v) is 13.7. The molecule has 1 aliphatic carbocycles. The molecular formula is C30H34N4O5. The number of hydrogen-bond acceptors (Lipinski definition) is 5. The summed E-state index contributed by atoms with van der Waals surface area (Å²) < 4.78 is 0. The van der Waals surface area contributed by atoms with Crippen molar-refractivity contribution >= 4 is 29.9 Å². The lowest BCUT2D eigenvalue weighted by Crippen LogP contribution is -2.67. The summed E-state index contributed by atoms with van der Waals surface area (Å²) in [4.78, 5) is 67.6. The molecule has 2 saturated heterocycles. The van der Waals surface area contributed by atoms with Crippen molar-refractivity contribution in [2.45, 2.75) is 75.0 Å². The van der Waals surface area contributed by atoms with Gasteiger partial charge in [-0.1, -0.05) is 54.6 Å². The van der Waals surface area contributed by atoms with Crippen LogP contribution in [0.15, 0.2) is 54.6 Å². The fourth-order valence-electron chi connectivity index (χ4n) is 6.04. The van der Waals surface area contributed by atoms with Crippen LogP contribution in [-0.2, 0) is 43.2 Å². The van der Waals surface area contributed by atoms with Gasteiger partial charge < -0.3 is 25.6 Å². The quantitative estimate of drug-likeness (QED) is 0.383. The second-order valence-electron chi connectivity index (χ2n) is 10.8. The molecule has 9 heteroatoms. The molecule has 0 bridgehead atoms. The van der Waals surface area contributed by atoms with Gasteiger partial charge in [0.1, 0.15) is 30.0 Å². The molecule has 4 amide bonds. The van der Waals surface area contributed by atoms with E-state index >= 15 is 0 Å². The Hall–Kier alpha value is -4.01. The lowest BCUT2D eigenvalue weighted by Gasteiger charge is -2.36. The van der Waals surface area contributed by atoms with Crippen LogP contribution in [0.2, 0.25) is 0 Å². The molecule has 9 nitrogen and oxygen atoms in total. The highest BCUT2D eigenvalue weighted by Crippen LogP contribution is 2.31. The first-order chi connectivity index (χ1) is 18.9. The van der Waals surface area contributed by atoms with Crippen molar-refractivity contribution < 1.29 is 24.0 Å². The van der Waals surface area contributed by atoms with Crippen molar-refractivity contribution in [3.63, 3.8) is 0 Å². The van der Waals surface area contributed by atoms with Crippen LogP contribution >= 0.6 is 0 Å². The van der Waals surface area contributed by atoms with E-state index in [0.717, 1.165) is 23.0 Å². The summed E-state index contributed by atoms with van der Waals surface area (Å²) in [7, 11) is 0. The van der Waals surface area contributed by atoms with Gasteiger partial charge >= 0.3 is 0 Å². The van der Waals surface area contributed by atoms with Crippen LogP contribution in [0.4, 0.5) is 0 Å². The summed E-state index contributed by atoms with van der Waals surface area (Å²) in [5.41, 5.74) is 1.47. The molecule has 0 radical (unpaired) electrons. The maximum absolute atomic E-state index is 14.1. The fraction of sp³-hybridized carbons (Fsp3) is 0.433. The number of nitrogens with one attached hydrogen (secondary N) is 3. The highest BCUT2D eigenvalue weighted by molar-refractivity contribution is 6.00. The van der Waals surface area contributed by atoms with Crippen LogP contribution in [0.3, 0.4) is 0 Å². The minimum atomic E-state index is -1.31. The Morgan fingerprint density at radius 2 is 1.56 bits per heavy atom. The van der Waals surface area contributed by atoms with E-state index in [0.29, 0.717) is 25.8 Å². The number of rotatable bonds is 6. The van der Waals surface area contributed by atoms with Gasteiger partial charge in [-0.25, -0.2) is 0 Å². The third kappa shape index (κ3) is 5.57. The predicted molar refractivity (Wildman–Crippen MR) is 143 cm³/mol.